The molecule has 0 heterocycles. The van der Waals surface area contributed by atoms with Gasteiger partial charge in [0.05, 0.1) is 0 Å². The highest BCUT2D eigenvalue weighted by Gasteiger charge is 1.74. The number of benzene rings is 1. The van der Waals surface area contributed by atoms with Gasteiger partial charge in [0.2, 0.25) is 0 Å². The molecule has 0 saturated heterocycles. The van der Waals surface area contributed by atoms with Crippen LogP contribution in [0, 0.1) is 0 Å². The molecule has 1 aromatic carbocycles. The SMILES string of the molecule is CO.Oc1ccccc1.P. The predicted octanol–water partition coefficient (Wildman–Crippen LogP) is 1.06. The van der Waals surface area contributed by atoms with E-state index in [1.807, 2.05) is 6.07 Å². The third-order valence-corrected chi connectivity index (χ3v) is 0.756. The van der Waals surface area contributed by atoms with E-state index in [9.17, 15) is 0 Å². The number of hydrogen-bond donors (Lipinski definition) is 2. The van der Waals surface area contributed by atoms with E-state index in [4.69, 9.17) is 10.2 Å². The van der Waals surface area contributed by atoms with Gasteiger partial charge in [-0.25, -0.2) is 0 Å². The number of para-hydroxylation sites is 1. The van der Waals surface area contributed by atoms with Crippen LogP contribution in [0.3, 0.4) is 0 Å². The molecule has 10 heavy (non-hydrogen) atoms. The number of aliphatic hydroxyl groups excluding tert-OH is 1. The fourth-order valence-corrected chi connectivity index (χ4v) is 0.428. The molecule has 0 fully saturated rings. The molecule has 0 aliphatic heterocycles. The minimum absolute atomic E-state index is 0. The molecule has 0 amide bonds. The maximum Gasteiger partial charge on any atom is 0.115 e. The maximum atomic E-state index is 8.63. The Balaban J connectivity index is 0. The smallest absolute Gasteiger partial charge is 0.115 e. The Hall–Kier alpha value is -0.590. The van der Waals surface area contributed by atoms with Crippen molar-refractivity contribution in [2.45, 2.75) is 0 Å². The van der Waals surface area contributed by atoms with Crippen molar-refractivity contribution >= 4 is 9.90 Å². The molecule has 0 spiro atoms. The van der Waals surface area contributed by atoms with Gasteiger partial charge in [-0.15, -0.1) is 0 Å². The molecule has 0 radical (unpaired) electrons. The predicted molar refractivity (Wildman–Crippen MR) is 47.4 cm³/mol. The number of phenols is 1. The Bertz CT molecular complexity index is 142. The van der Waals surface area contributed by atoms with Crippen LogP contribution in [0.15, 0.2) is 30.3 Å². The fourth-order valence-electron chi connectivity index (χ4n) is 0.428. The zero-order valence-corrected chi connectivity index (χ0v) is 7.40. The minimum Gasteiger partial charge on any atom is -0.508 e. The Kier molecular flexibility index (Phi) is 10.2. The summed E-state index contributed by atoms with van der Waals surface area (Å²) in [4.78, 5) is 0. The van der Waals surface area contributed by atoms with Gasteiger partial charge in [0.25, 0.3) is 0 Å². The summed E-state index contributed by atoms with van der Waals surface area (Å²) in [6.07, 6.45) is 0. The molecule has 0 aliphatic rings. The summed E-state index contributed by atoms with van der Waals surface area (Å²) in [5, 5.41) is 15.6. The molecular weight excluding hydrogens is 147 g/mol. The molecular formula is C7H13O2P. The van der Waals surface area contributed by atoms with Crippen molar-refractivity contribution in [3.05, 3.63) is 30.3 Å². The third-order valence-electron chi connectivity index (χ3n) is 0.756. The molecule has 0 saturated carbocycles. The van der Waals surface area contributed by atoms with Gasteiger partial charge < -0.3 is 10.2 Å². The summed E-state index contributed by atoms with van der Waals surface area (Å²) in [5.41, 5.74) is 0. The summed E-state index contributed by atoms with van der Waals surface area (Å²) in [6.45, 7) is 0. The average Bonchev–Trinajstić information content (AvgIpc) is 1.94. The van der Waals surface area contributed by atoms with Crippen LogP contribution in [0.2, 0.25) is 0 Å². The summed E-state index contributed by atoms with van der Waals surface area (Å²) in [6, 6.07) is 8.71. The number of rotatable bonds is 0. The quantitative estimate of drug-likeness (QED) is 0.557. The highest BCUT2D eigenvalue weighted by atomic mass is 31.0. The maximum absolute atomic E-state index is 8.63. The van der Waals surface area contributed by atoms with E-state index in [0.29, 0.717) is 5.75 Å². The van der Waals surface area contributed by atoms with Crippen LogP contribution in [0.25, 0.3) is 0 Å². The lowest BCUT2D eigenvalue weighted by Gasteiger charge is -1.82. The average molecular weight is 160 g/mol. The van der Waals surface area contributed by atoms with Crippen LogP contribution in [-0.4, -0.2) is 17.3 Å². The van der Waals surface area contributed by atoms with Gasteiger partial charge in [-0.1, -0.05) is 18.2 Å². The van der Waals surface area contributed by atoms with Gasteiger partial charge in [0, 0.05) is 7.11 Å². The molecule has 2 nitrogen and oxygen atoms in total. The van der Waals surface area contributed by atoms with Gasteiger partial charge in [-0.3, -0.25) is 0 Å². The van der Waals surface area contributed by atoms with Gasteiger partial charge in [0.15, 0.2) is 0 Å². The molecule has 3 heteroatoms. The highest BCUT2D eigenvalue weighted by molar-refractivity contribution is 6.92. The molecule has 1 unspecified atom stereocenters. The summed E-state index contributed by atoms with van der Waals surface area (Å²) >= 11 is 0. The zero-order chi connectivity index (χ0) is 7.11. The van der Waals surface area contributed by atoms with Gasteiger partial charge in [-0.2, -0.15) is 9.90 Å². The molecule has 0 bridgehead atoms. The number of phenolic OH excluding ortho intramolecular Hbond substituents is 1. The van der Waals surface area contributed by atoms with Crippen molar-refractivity contribution in [1.82, 2.24) is 0 Å². The molecule has 1 aromatic rings. The fraction of sp³-hybridized carbons (Fsp3) is 0.143. The standard InChI is InChI=1S/C6H6O.CH4O.H3P/c7-6-4-2-1-3-5-6;1-2;/h1-5,7H;2H,1H3;1H3. The van der Waals surface area contributed by atoms with E-state index in [1.54, 1.807) is 24.3 Å². The van der Waals surface area contributed by atoms with E-state index in [1.165, 1.54) is 0 Å². The first-order valence-corrected chi connectivity index (χ1v) is 2.58. The van der Waals surface area contributed by atoms with E-state index in [-0.39, 0.29) is 9.90 Å². The number of aliphatic hydroxyl groups is 1. The second-order valence-corrected chi connectivity index (χ2v) is 1.34. The Morgan fingerprint density at radius 3 is 1.60 bits per heavy atom. The highest BCUT2D eigenvalue weighted by Crippen LogP contribution is 2.02. The first-order chi connectivity index (χ1) is 4.39. The van der Waals surface area contributed by atoms with Crippen molar-refractivity contribution in [1.29, 1.82) is 0 Å². The van der Waals surface area contributed by atoms with Crippen LogP contribution in [0.4, 0.5) is 0 Å². The minimum atomic E-state index is 0. The lowest BCUT2D eigenvalue weighted by molar-refractivity contribution is 0.399. The summed E-state index contributed by atoms with van der Waals surface area (Å²) in [7, 11) is 1.00. The van der Waals surface area contributed by atoms with Gasteiger partial charge >= 0.3 is 0 Å². The topological polar surface area (TPSA) is 40.5 Å². The lowest BCUT2D eigenvalue weighted by atomic mass is 10.3. The van der Waals surface area contributed by atoms with Crippen LogP contribution in [-0.2, 0) is 0 Å². The monoisotopic (exact) mass is 160 g/mol. The largest absolute Gasteiger partial charge is 0.508 e. The molecule has 0 aromatic heterocycles. The zero-order valence-electron chi connectivity index (χ0n) is 5.99. The van der Waals surface area contributed by atoms with Crippen LogP contribution in [0.5, 0.6) is 5.75 Å². The number of hydrogen-bond acceptors (Lipinski definition) is 2. The van der Waals surface area contributed by atoms with Gasteiger partial charge in [0.1, 0.15) is 5.75 Å². The third kappa shape index (κ3) is 5.54. The van der Waals surface area contributed by atoms with Crippen LogP contribution < -0.4 is 0 Å². The van der Waals surface area contributed by atoms with Gasteiger partial charge in [-0.05, 0) is 12.1 Å². The van der Waals surface area contributed by atoms with Crippen molar-refractivity contribution in [2.75, 3.05) is 7.11 Å². The summed E-state index contributed by atoms with van der Waals surface area (Å²) < 4.78 is 0. The first kappa shape index (κ1) is 12.1. The van der Waals surface area contributed by atoms with E-state index in [2.05, 4.69) is 0 Å². The second-order valence-electron chi connectivity index (χ2n) is 1.34. The first-order valence-electron chi connectivity index (χ1n) is 2.58. The Labute approximate surface area is 64.1 Å². The molecule has 2 N–H and O–H groups in total. The van der Waals surface area contributed by atoms with Crippen molar-refractivity contribution in [2.24, 2.45) is 0 Å². The van der Waals surface area contributed by atoms with E-state index >= 15 is 0 Å². The number of aromatic hydroxyl groups is 1. The van der Waals surface area contributed by atoms with E-state index in [0.717, 1.165) is 7.11 Å². The van der Waals surface area contributed by atoms with E-state index < -0.39 is 0 Å². The summed E-state index contributed by atoms with van der Waals surface area (Å²) in [5.74, 6) is 0.322. The van der Waals surface area contributed by atoms with Crippen molar-refractivity contribution in [3.8, 4) is 5.75 Å². The van der Waals surface area contributed by atoms with Crippen LogP contribution >= 0.6 is 9.90 Å². The second kappa shape index (κ2) is 8.41. The Morgan fingerprint density at radius 1 is 1.00 bits per heavy atom. The van der Waals surface area contributed by atoms with Crippen LogP contribution in [0.1, 0.15) is 0 Å². The van der Waals surface area contributed by atoms with Crippen molar-refractivity contribution in [3.63, 3.8) is 0 Å². The molecule has 1 atom stereocenters. The Morgan fingerprint density at radius 2 is 1.40 bits per heavy atom. The van der Waals surface area contributed by atoms with Crippen molar-refractivity contribution < 1.29 is 10.2 Å². The molecule has 0 aliphatic carbocycles. The normalized spacial score (nSPS) is 6.60. The lowest BCUT2D eigenvalue weighted by Crippen LogP contribution is -1.56. The molecule has 58 valence electrons. The molecule has 1 rings (SSSR count).